The number of hydrogen-bond donors (Lipinski definition) is 1. The second-order valence-electron chi connectivity index (χ2n) is 5.59. The van der Waals surface area contributed by atoms with Gasteiger partial charge in [0.05, 0.1) is 0 Å². The minimum absolute atomic E-state index is 0.543. The fraction of sp³-hybridized carbons (Fsp3) is 0.333. The monoisotopic (exact) mass is 266 g/mol. The van der Waals surface area contributed by atoms with E-state index < -0.39 is 0 Å². The second kappa shape index (κ2) is 6.21. The molecule has 0 spiro atoms. The summed E-state index contributed by atoms with van der Waals surface area (Å²) >= 11 is 0. The molecular formula is C18H22N2. The lowest BCUT2D eigenvalue weighted by Gasteiger charge is -2.17. The fourth-order valence-electron chi connectivity index (χ4n) is 3.19. The van der Waals surface area contributed by atoms with Crippen molar-refractivity contribution in [3.8, 4) is 0 Å². The van der Waals surface area contributed by atoms with E-state index in [1.54, 1.807) is 0 Å². The molecule has 2 aromatic rings. The van der Waals surface area contributed by atoms with Gasteiger partial charge >= 0.3 is 0 Å². The van der Waals surface area contributed by atoms with Crippen LogP contribution < -0.4 is 5.32 Å². The molecular weight excluding hydrogens is 244 g/mol. The van der Waals surface area contributed by atoms with Crippen molar-refractivity contribution in [3.63, 3.8) is 0 Å². The van der Waals surface area contributed by atoms with Gasteiger partial charge in [-0.05, 0) is 18.2 Å². The molecule has 3 rings (SSSR count). The van der Waals surface area contributed by atoms with Crippen molar-refractivity contribution < 1.29 is 0 Å². The summed E-state index contributed by atoms with van der Waals surface area (Å²) in [6.45, 7) is 3.29. The number of nitrogens with one attached hydrogen (secondary N) is 1. The molecule has 0 unspecified atom stereocenters. The van der Waals surface area contributed by atoms with E-state index in [2.05, 4.69) is 77.9 Å². The average Bonchev–Trinajstić information content (AvgIpc) is 2.92. The van der Waals surface area contributed by atoms with Crippen LogP contribution in [0, 0.1) is 0 Å². The van der Waals surface area contributed by atoms with Crippen molar-refractivity contribution in [3.05, 3.63) is 71.8 Å². The van der Waals surface area contributed by atoms with Crippen molar-refractivity contribution in [1.82, 2.24) is 10.2 Å². The zero-order valence-corrected chi connectivity index (χ0v) is 12.0. The molecule has 1 N–H and O–H groups in total. The van der Waals surface area contributed by atoms with Gasteiger partial charge in [0.25, 0.3) is 0 Å². The summed E-state index contributed by atoms with van der Waals surface area (Å²) < 4.78 is 0. The van der Waals surface area contributed by atoms with Gasteiger partial charge in [0, 0.05) is 31.6 Å². The minimum atomic E-state index is 0.543. The molecule has 2 aromatic carbocycles. The van der Waals surface area contributed by atoms with E-state index in [0.717, 1.165) is 19.6 Å². The summed E-state index contributed by atoms with van der Waals surface area (Å²) in [5.41, 5.74) is 2.85. The van der Waals surface area contributed by atoms with Gasteiger partial charge in [-0.15, -0.1) is 0 Å². The van der Waals surface area contributed by atoms with E-state index >= 15 is 0 Å². The van der Waals surface area contributed by atoms with Gasteiger partial charge in [-0.25, -0.2) is 0 Å². The maximum atomic E-state index is 3.49. The predicted molar refractivity (Wildman–Crippen MR) is 83.7 cm³/mol. The Morgan fingerprint density at radius 3 is 2.25 bits per heavy atom. The Balaban J connectivity index is 1.71. The van der Waals surface area contributed by atoms with Crippen LogP contribution >= 0.6 is 0 Å². The van der Waals surface area contributed by atoms with Crippen LogP contribution in [0.3, 0.4) is 0 Å². The number of hydrogen-bond acceptors (Lipinski definition) is 2. The molecule has 104 valence electrons. The van der Waals surface area contributed by atoms with Gasteiger partial charge in [-0.3, -0.25) is 4.90 Å². The number of likely N-dealkylation sites (N-methyl/N-ethyl adjacent to an activating group) is 1. The Kier molecular flexibility index (Phi) is 4.14. The third-order valence-electron chi connectivity index (χ3n) is 4.24. The first-order valence-electron chi connectivity index (χ1n) is 7.35. The topological polar surface area (TPSA) is 15.3 Å². The standard InChI is InChI=1S/C18H22N2/c1-19-18-14-20(12-15-8-4-2-5-9-15)13-17(18)16-10-6-3-7-11-16/h2-11,17-19H,12-14H2,1H3/t17-,18+/m1/s1. The Bertz CT molecular complexity index is 524. The fourth-order valence-corrected chi connectivity index (χ4v) is 3.19. The molecule has 1 fully saturated rings. The highest BCUT2D eigenvalue weighted by molar-refractivity contribution is 5.24. The van der Waals surface area contributed by atoms with Crippen molar-refractivity contribution in [2.75, 3.05) is 20.1 Å². The molecule has 1 heterocycles. The van der Waals surface area contributed by atoms with Crippen LogP contribution in [0.4, 0.5) is 0 Å². The number of benzene rings is 2. The van der Waals surface area contributed by atoms with Gasteiger partial charge in [-0.2, -0.15) is 0 Å². The van der Waals surface area contributed by atoms with E-state index in [1.165, 1.54) is 11.1 Å². The van der Waals surface area contributed by atoms with Gasteiger partial charge in [0.2, 0.25) is 0 Å². The molecule has 1 aliphatic heterocycles. The quantitative estimate of drug-likeness (QED) is 0.915. The first-order valence-corrected chi connectivity index (χ1v) is 7.35. The number of rotatable bonds is 4. The van der Waals surface area contributed by atoms with Crippen molar-refractivity contribution >= 4 is 0 Å². The maximum Gasteiger partial charge on any atom is 0.0273 e. The van der Waals surface area contributed by atoms with Crippen molar-refractivity contribution in [2.24, 2.45) is 0 Å². The van der Waals surface area contributed by atoms with Gasteiger partial charge in [0.15, 0.2) is 0 Å². The smallest absolute Gasteiger partial charge is 0.0273 e. The third kappa shape index (κ3) is 2.92. The summed E-state index contributed by atoms with van der Waals surface area (Å²) in [5.74, 6) is 0.588. The Morgan fingerprint density at radius 1 is 0.950 bits per heavy atom. The third-order valence-corrected chi connectivity index (χ3v) is 4.24. The summed E-state index contributed by atoms with van der Waals surface area (Å²) in [7, 11) is 2.08. The van der Waals surface area contributed by atoms with E-state index in [9.17, 15) is 0 Å². The lowest BCUT2D eigenvalue weighted by atomic mass is 9.94. The molecule has 20 heavy (non-hydrogen) atoms. The highest BCUT2D eigenvalue weighted by Crippen LogP contribution is 2.28. The summed E-state index contributed by atoms with van der Waals surface area (Å²) in [4.78, 5) is 2.55. The predicted octanol–water partition coefficient (Wildman–Crippen LogP) is 2.87. The second-order valence-corrected chi connectivity index (χ2v) is 5.59. The molecule has 0 amide bonds. The summed E-state index contributed by atoms with van der Waals surface area (Å²) in [5, 5.41) is 3.49. The van der Waals surface area contributed by atoms with Crippen LogP contribution in [0.15, 0.2) is 60.7 Å². The summed E-state index contributed by atoms with van der Waals surface area (Å²) in [6, 6.07) is 22.2. The molecule has 2 heteroatoms. The SMILES string of the molecule is CN[C@H]1CN(Cc2ccccc2)C[C@@H]1c1ccccc1. The lowest BCUT2D eigenvalue weighted by molar-refractivity contribution is 0.320. The highest BCUT2D eigenvalue weighted by atomic mass is 15.2. The van der Waals surface area contributed by atoms with Crippen molar-refractivity contribution in [1.29, 1.82) is 0 Å². The molecule has 2 atom stereocenters. The largest absolute Gasteiger partial charge is 0.315 e. The minimum Gasteiger partial charge on any atom is -0.315 e. The number of nitrogens with zero attached hydrogens (tertiary/aromatic N) is 1. The van der Waals surface area contributed by atoms with Crippen LogP contribution in [-0.2, 0) is 6.54 Å². The first-order chi connectivity index (χ1) is 9.86. The van der Waals surface area contributed by atoms with E-state index in [4.69, 9.17) is 0 Å². The van der Waals surface area contributed by atoms with Crippen LogP contribution in [0.2, 0.25) is 0 Å². The van der Waals surface area contributed by atoms with Gasteiger partial charge in [-0.1, -0.05) is 60.7 Å². The molecule has 2 nitrogen and oxygen atoms in total. The average molecular weight is 266 g/mol. The lowest BCUT2D eigenvalue weighted by Crippen LogP contribution is -2.32. The van der Waals surface area contributed by atoms with Crippen LogP contribution in [0.5, 0.6) is 0 Å². The molecule has 1 aliphatic rings. The summed E-state index contributed by atoms with van der Waals surface area (Å²) in [6.07, 6.45) is 0. The van der Waals surface area contributed by atoms with Gasteiger partial charge in [0.1, 0.15) is 0 Å². The molecule has 0 aliphatic carbocycles. The molecule has 0 saturated carbocycles. The van der Waals surface area contributed by atoms with Gasteiger partial charge < -0.3 is 5.32 Å². The van der Waals surface area contributed by atoms with E-state index in [1.807, 2.05) is 0 Å². The van der Waals surface area contributed by atoms with E-state index in [0.29, 0.717) is 12.0 Å². The zero-order chi connectivity index (χ0) is 13.8. The Labute approximate surface area is 121 Å². The normalized spacial score (nSPS) is 23.1. The van der Waals surface area contributed by atoms with Crippen LogP contribution in [0.1, 0.15) is 17.0 Å². The zero-order valence-electron chi connectivity index (χ0n) is 12.0. The van der Waals surface area contributed by atoms with Crippen molar-refractivity contribution in [2.45, 2.75) is 18.5 Å². The highest BCUT2D eigenvalue weighted by Gasteiger charge is 2.32. The first kappa shape index (κ1) is 13.3. The van der Waals surface area contributed by atoms with E-state index in [-0.39, 0.29) is 0 Å². The maximum absolute atomic E-state index is 3.49. The molecule has 0 aromatic heterocycles. The molecule has 1 saturated heterocycles. The number of likely N-dealkylation sites (tertiary alicyclic amines) is 1. The van der Waals surface area contributed by atoms with Crippen LogP contribution in [0.25, 0.3) is 0 Å². The Hall–Kier alpha value is -1.64. The Morgan fingerprint density at radius 2 is 1.60 bits per heavy atom. The molecule has 0 radical (unpaired) electrons. The van der Waals surface area contributed by atoms with Crippen LogP contribution in [-0.4, -0.2) is 31.1 Å². The molecule has 0 bridgehead atoms.